The number of carbonyl (C=O) groups excluding carboxylic acids is 3. The number of benzene rings is 1. The molecule has 8 nitrogen and oxygen atoms in total. The molecule has 0 bridgehead atoms. The van der Waals surface area contributed by atoms with Crippen LogP contribution in [-0.4, -0.2) is 35.8 Å². The summed E-state index contributed by atoms with van der Waals surface area (Å²) < 4.78 is 0. The molecule has 3 atom stereocenters. The van der Waals surface area contributed by atoms with Gasteiger partial charge in [-0.25, -0.2) is 4.98 Å². The summed E-state index contributed by atoms with van der Waals surface area (Å²) in [5, 5.41) is 5.71. The van der Waals surface area contributed by atoms with Gasteiger partial charge in [-0.1, -0.05) is 13.0 Å². The number of amides is 3. The van der Waals surface area contributed by atoms with Gasteiger partial charge in [-0.2, -0.15) is 0 Å². The normalized spacial score (nSPS) is 22.5. The first-order valence-corrected chi connectivity index (χ1v) is 10.6. The lowest BCUT2D eigenvalue weighted by Crippen LogP contribution is -2.41. The van der Waals surface area contributed by atoms with E-state index in [1.807, 2.05) is 11.0 Å². The fraction of sp³-hybridized carbons (Fsp3) is 0.391. The zero-order valence-electron chi connectivity index (χ0n) is 17.5. The molecule has 2 aromatic rings. The fourth-order valence-corrected chi connectivity index (χ4v) is 3.93. The van der Waals surface area contributed by atoms with E-state index in [0.717, 1.165) is 31.6 Å². The van der Waals surface area contributed by atoms with Gasteiger partial charge in [0.1, 0.15) is 5.82 Å². The summed E-state index contributed by atoms with van der Waals surface area (Å²) in [4.78, 5) is 42.7. The highest BCUT2D eigenvalue weighted by atomic mass is 16.2. The van der Waals surface area contributed by atoms with Gasteiger partial charge in [0, 0.05) is 30.3 Å². The first kappa shape index (κ1) is 20.8. The van der Waals surface area contributed by atoms with Crippen molar-refractivity contribution in [2.24, 2.45) is 23.5 Å². The molecule has 1 saturated heterocycles. The number of carbonyl (C=O) groups is 3. The van der Waals surface area contributed by atoms with Crippen molar-refractivity contribution in [3.05, 3.63) is 48.2 Å². The van der Waals surface area contributed by atoms with Crippen molar-refractivity contribution in [1.82, 2.24) is 4.98 Å². The number of nitrogens with one attached hydrogen (secondary N) is 2. The lowest BCUT2D eigenvalue weighted by atomic mass is 9.97. The number of nitrogens with zero attached hydrogens (tertiary/aromatic N) is 2. The van der Waals surface area contributed by atoms with Crippen LogP contribution in [0, 0.1) is 17.8 Å². The van der Waals surface area contributed by atoms with Crippen LogP contribution in [0.1, 0.15) is 36.5 Å². The van der Waals surface area contributed by atoms with Gasteiger partial charge in [0.05, 0.1) is 17.8 Å². The van der Waals surface area contributed by atoms with Crippen molar-refractivity contribution in [3.8, 4) is 0 Å². The number of pyridine rings is 1. The minimum absolute atomic E-state index is 0.00105. The molecule has 0 radical (unpaired) electrons. The molecule has 1 aromatic carbocycles. The lowest BCUT2D eigenvalue weighted by Gasteiger charge is -2.32. The highest BCUT2D eigenvalue weighted by Gasteiger charge is 2.39. The zero-order valence-corrected chi connectivity index (χ0v) is 17.5. The highest BCUT2D eigenvalue weighted by Crippen LogP contribution is 2.38. The van der Waals surface area contributed by atoms with Crippen LogP contribution < -0.4 is 21.3 Å². The van der Waals surface area contributed by atoms with Crippen LogP contribution in [-0.2, 0) is 9.59 Å². The van der Waals surface area contributed by atoms with Gasteiger partial charge in [0.25, 0.3) is 5.91 Å². The number of nitrogens with two attached hydrogens (primary N) is 1. The van der Waals surface area contributed by atoms with Crippen molar-refractivity contribution in [2.45, 2.75) is 26.2 Å². The second kappa shape index (κ2) is 8.75. The molecule has 4 N–H and O–H groups in total. The van der Waals surface area contributed by atoms with E-state index in [0.29, 0.717) is 29.4 Å². The molecule has 162 valence electrons. The van der Waals surface area contributed by atoms with Crippen LogP contribution in [0.2, 0.25) is 0 Å². The molecule has 2 fully saturated rings. The van der Waals surface area contributed by atoms with Crippen LogP contribution in [0.3, 0.4) is 0 Å². The SMILES string of the molecule is CC1CC1C(=O)Nc1cccc(C(=O)Nc2ccc(N3CCCC(C(N)=O)C3)nc2)c1. The van der Waals surface area contributed by atoms with E-state index in [1.54, 1.807) is 36.5 Å². The summed E-state index contributed by atoms with van der Waals surface area (Å²) in [6, 6.07) is 10.5. The van der Waals surface area contributed by atoms with E-state index in [2.05, 4.69) is 22.5 Å². The summed E-state index contributed by atoms with van der Waals surface area (Å²) in [5.74, 6) is 0.527. The Morgan fingerprint density at radius 2 is 1.94 bits per heavy atom. The largest absolute Gasteiger partial charge is 0.369 e. The number of primary amides is 1. The molecule has 1 aromatic heterocycles. The van der Waals surface area contributed by atoms with Crippen LogP contribution in [0.4, 0.5) is 17.2 Å². The van der Waals surface area contributed by atoms with Crippen molar-refractivity contribution >= 4 is 34.9 Å². The summed E-state index contributed by atoms with van der Waals surface area (Å²) in [6.07, 6.45) is 4.20. The average Bonchev–Trinajstić information content (AvgIpc) is 3.51. The summed E-state index contributed by atoms with van der Waals surface area (Å²) in [5.41, 5.74) is 7.07. The molecule has 0 spiro atoms. The standard InChI is InChI=1S/C23H27N5O3/c1-14-10-19(14)23(31)26-17-6-2-4-15(11-17)22(30)27-18-7-8-20(25-12-18)28-9-3-5-16(13-28)21(24)29/h2,4,6-8,11-12,14,16,19H,3,5,9-10,13H2,1H3,(H2,24,29)(H,26,31)(H,27,30). The topological polar surface area (TPSA) is 117 Å². The van der Waals surface area contributed by atoms with Gasteiger partial charge < -0.3 is 21.3 Å². The predicted octanol–water partition coefficient (Wildman–Crippen LogP) is 2.63. The van der Waals surface area contributed by atoms with E-state index in [9.17, 15) is 14.4 Å². The molecule has 4 rings (SSSR count). The number of aromatic nitrogens is 1. The second-order valence-corrected chi connectivity index (χ2v) is 8.44. The molecule has 1 aliphatic heterocycles. The Morgan fingerprint density at radius 1 is 1.13 bits per heavy atom. The van der Waals surface area contributed by atoms with Gasteiger partial charge in [-0.3, -0.25) is 14.4 Å². The number of hydrogen-bond donors (Lipinski definition) is 3. The molecule has 3 amide bonds. The molecule has 2 aliphatic rings. The Morgan fingerprint density at radius 3 is 2.61 bits per heavy atom. The summed E-state index contributed by atoms with van der Waals surface area (Å²) in [7, 11) is 0. The van der Waals surface area contributed by atoms with Gasteiger partial charge in [-0.05, 0) is 55.5 Å². The second-order valence-electron chi connectivity index (χ2n) is 8.44. The van der Waals surface area contributed by atoms with Crippen molar-refractivity contribution in [1.29, 1.82) is 0 Å². The Hall–Kier alpha value is -3.42. The fourth-order valence-electron chi connectivity index (χ4n) is 3.93. The quantitative estimate of drug-likeness (QED) is 0.663. The summed E-state index contributed by atoms with van der Waals surface area (Å²) >= 11 is 0. The number of piperidine rings is 1. The maximum atomic E-state index is 12.6. The third kappa shape index (κ3) is 5.02. The number of hydrogen-bond acceptors (Lipinski definition) is 5. The van der Waals surface area contributed by atoms with Crippen LogP contribution in [0.5, 0.6) is 0 Å². The van der Waals surface area contributed by atoms with E-state index >= 15 is 0 Å². The Bertz CT molecular complexity index is 991. The minimum Gasteiger partial charge on any atom is -0.369 e. The molecule has 31 heavy (non-hydrogen) atoms. The molecule has 3 unspecified atom stereocenters. The first-order chi connectivity index (χ1) is 14.9. The van der Waals surface area contributed by atoms with E-state index in [-0.39, 0.29) is 29.6 Å². The predicted molar refractivity (Wildman–Crippen MR) is 119 cm³/mol. The van der Waals surface area contributed by atoms with Gasteiger partial charge in [0.15, 0.2) is 0 Å². The third-order valence-electron chi connectivity index (χ3n) is 5.99. The van der Waals surface area contributed by atoms with E-state index < -0.39 is 0 Å². The Balaban J connectivity index is 1.37. The van der Waals surface area contributed by atoms with Crippen LogP contribution in [0.15, 0.2) is 42.6 Å². The highest BCUT2D eigenvalue weighted by molar-refractivity contribution is 6.05. The van der Waals surface area contributed by atoms with E-state index in [4.69, 9.17) is 5.73 Å². The average molecular weight is 422 g/mol. The lowest BCUT2D eigenvalue weighted by molar-refractivity contribution is -0.122. The zero-order chi connectivity index (χ0) is 22.0. The molecular weight excluding hydrogens is 394 g/mol. The Labute approximate surface area is 181 Å². The molecule has 8 heteroatoms. The summed E-state index contributed by atoms with van der Waals surface area (Å²) in [6.45, 7) is 3.43. The van der Waals surface area contributed by atoms with Crippen molar-refractivity contribution in [2.75, 3.05) is 28.6 Å². The van der Waals surface area contributed by atoms with Crippen molar-refractivity contribution in [3.63, 3.8) is 0 Å². The monoisotopic (exact) mass is 421 g/mol. The molecule has 1 aliphatic carbocycles. The molecule has 1 saturated carbocycles. The smallest absolute Gasteiger partial charge is 0.255 e. The van der Waals surface area contributed by atoms with Gasteiger partial charge >= 0.3 is 0 Å². The Kier molecular flexibility index (Phi) is 5.88. The maximum Gasteiger partial charge on any atom is 0.255 e. The third-order valence-corrected chi connectivity index (χ3v) is 5.99. The van der Waals surface area contributed by atoms with Gasteiger partial charge in [0.2, 0.25) is 11.8 Å². The van der Waals surface area contributed by atoms with Gasteiger partial charge in [-0.15, -0.1) is 0 Å². The van der Waals surface area contributed by atoms with Crippen LogP contribution in [0.25, 0.3) is 0 Å². The van der Waals surface area contributed by atoms with Crippen LogP contribution >= 0.6 is 0 Å². The molecular formula is C23H27N5O3. The number of anilines is 3. The maximum absolute atomic E-state index is 12.6. The number of rotatable bonds is 6. The minimum atomic E-state index is -0.280. The van der Waals surface area contributed by atoms with E-state index in [1.165, 1.54) is 0 Å². The van der Waals surface area contributed by atoms with Crippen molar-refractivity contribution < 1.29 is 14.4 Å². The molecule has 2 heterocycles. The first-order valence-electron chi connectivity index (χ1n) is 10.6.